The minimum absolute atomic E-state index is 0.198. The lowest BCUT2D eigenvalue weighted by atomic mass is 9.95. The Morgan fingerprint density at radius 1 is 1.33 bits per heavy atom. The number of hydrogen-bond donors (Lipinski definition) is 1. The van der Waals surface area contributed by atoms with Gasteiger partial charge in [-0.25, -0.2) is 0 Å². The number of allylic oxidation sites excluding steroid dienone is 1. The van der Waals surface area contributed by atoms with Crippen LogP contribution in [0.1, 0.15) is 43.0 Å². The summed E-state index contributed by atoms with van der Waals surface area (Å²) in [6, 6.07) is 6.65. The molecule has 2 aromatic rings. The molecule has 0 aliphatic heterocycles. The van der Waals surface area contributed by atoms with Gasteiger partial charge in [-0.2, -0.15) is 0 Å². The first kappa shape index (κ1) is 14.5. The maximum absolute atomic E-state index is 10.9. The first-order valence-electron chi connectivity index (χ1n) is 7.67. The maximum atomic E-state index is 10.9. The van der Waals surface area contributed by atoms with Crippen LogP contribution >= 0.6 is 11.8 Å². The van der Waals surface area contributed by atoms with Crippen molar-refractivity contribution in [3.8, 4) is 0 Å². The molecule has 0 bridgehead atoms. The van der Waals surface area contributed by atoms with Crippen molar-refractivity contribution >= 4 is 33.9 Å². The third-order valence-electron chi connectivity index (χ3n) is 4.02. The first-order chi connectivity index (χ1) is 10.2. The number of aromatic nitrogens is 1. The molecule has 1 N–H and O–H groups in total. The molecule has 0 fully saturated rings. The zero-order valence-electron chi connectivity index (χ0n) is 12.4. The molecule has 2 nitrogen and oxygen atoms in total. The Hall–Kier alpha value is -1.48. The van der Waals surface area contributed by atoms with E-state index in [1.165, 1.54) is 65.2 Å². The van der Waals surface area contributed by atoms with E-state index >= 15 is 0 Å². The molecule has 0 saturated carbocycles. The number of H-pyrrole nitrogens is 1. The molecule has 1 heterocycles. The molecule has 0 radical (unpaired) electrons. The second kappa shape index (κ2) is 6.52. The van der Waals surface area contributed by atoms with E-state index in [1.54, 1.807) is 6.92 Å². The molecule has 21 heavy (non-hydrogen) atoms. The number of fused-ring (bicyclic) bond motifs is 3. The topological polar surface area (TPSA) is 32.9 Å². The highest BCUT2D eigenvalue weighted by Gasteiger charge is 2.14. The van der Waals surface area contributed by atoms with Crippen molar-refractivity contribution in [1.29, 1.82) is 0 Å². The van der Waals surface area contributed by atoms with Crippen molar-refractivity contribution in [2.75, 3.05) is 5.75 Å². The molecule has 0 atom stereocenters. The SMILES string of the molecule is CC(=O)SCCC=Cc1ccc2[nH]c3c(c2c1)CCCC3. The molecule has 1 aliphatic carbocycles. The number of rotatable bonds is 4. The monoisotopic (exact) mass is 299 g/mol. The van der Waals surface area contributed by atoms with Gasteiger partial charge in [0.25, 0.3) is 0 Å². The average molecular weight is 299 g/mol. The van der Waals surface area contributed by atoms with E-state index in [0.29, 0.717) is 0 Å². The van der Waals surface area contributed by atoms with Crippen molar-refractivity contribution in [2.24, 2.45) is 0 Å². The van der Waals surface area contributed by atoms with E-state index in [-0.39, 0.29) is 5.12 Å². The lowest BCUT2D eigenvalue weighted by Gasteiger charge is -2.10. The van der Waals surface area contributed by atoms with Crippen LogP contribution in [0.15, 0.2) is 24.3 Å². The summed E-state index contributed by atoms with van der Waals surface area (Å²) in [6.45, 7) is 1.62. The van der Waals surface area contributed by atoms with Crippen molar-refractivity contribution in [3.63, 3.8) is 0 Å². The van der Waals surface area contributed by atoms with Crippen LogP contribution in [-0.4, -0.2) is 15.9 Å². The number of thioether (sulfide) groups is 1. The van der Waals surface area contributed by atoms with Crippen LogP contribution in [0.3, 0.4) is 0 Å². The predicted molar refractivity (Wildman–Crippen MR) is 91.7 cm³/mol. The van der Waals surface area contributed by atoms with Gasteiger partial charge in [-0.3, -0.25) is 4.79 Å². The van der Waals surface area contributed by atoms with Crippen molar-refractivity contribution in [2.45, 2.75) is 39.0 Å². The largest absolute Gasteiger partial charge is 0.358 e. The van der Waals surface area contributed by atoms with Crippen LogP contribution in [0.4, 0.5) is 0 Å². The molecule has 1 aromatic carbocycles. The van der Waals surface area contributed by atoms with Gasteiger partial charge in [-0.05, 0) is 55.4 Å². The van der Waals surface area contributed by atoms with Crippen LogP contribution in [0.2, 0.25) is 0 Å². The summed E-state index contributed by atoms with van der Waals surface area (Å²) < 4.78 is 0. The minimum Gasteiger partial charge on any atom is -0.358 e. The number of benzene rings is 1. The highest BCUT2D eigenvalue weighted by Crippen LogP contribution is 2.29. The van der Waals surface area contributed by atoms with Crippen molar-refractivity contribution in [1.82, 2.24) is 4.98 Å². The molecule has 3 rings (SSSR count). The van der Waals surface area contributed by atoms with Gasteiger partial charge in [0.1, 0.15) is 0 Å². The Morgan fingerprint density at radius 3 is 3.05 bits per heavy atom. The molecular formula is C18H21NOS. The molecule has 0 spiro atoms. The van der Waals surface area contributed by atoms with Gasteiger partial charge in [0, 0.05) is 29.3 Å². The average Bonchev–Trinajstić information content (AvgIpc) is 2.84. The number of carbonyl (C=O) groups excluding carboxylic acids is 1. The summed E-state index contributed by atoms with van der Waals surface area (Å²) in [4.78, 5) is 14.4. The fraction of sp³-hybridized carbons (Fsp3) is 0.389. The zero-order valence-corrected chi connectivity index (χ0v) is 13.3. The van der Waals surface area contributed by atoms with E-state index in [2.05, 4.69) is 35.3 Å². The van der Waals surface area contributed by atoms with Crippen LogP contribution < -0.4 is 0 Å². The number of carbonyl (C=O) groups is 1. The fourth-order valence-electron chi connectivity index (χ4n) is 3.02. The predicted octanol–water partition coefficient (Wildman–Crippen LogP) is 4.73. The molecule has 1 aliphatic rings. The van der Waals surface area contributed by atoms with E-state index in [0.717, 1.165) is 12.2 Å². The summed E-state index contributed by atoms with van der Waals surface area (Å²) in [5.41, 5.74) is 5.49. The number of nitrogens with one attached hydrogen (secondary N) is 1. The van der Waals surface area contributed by atoms with E-state index < -0.39 is 0 Å². The maximum Gasteiger partial charge on any atom is 0.185 e. The highest BCUT2D eigenvalue weighted by atomic mass is 32.2. The molecule has 1 aromatic heterocycles. The Balaban J connectivity index is 1.74. The Kier molecular flexibility index (Phi) is 4.49. The Labute approximate surface area is 130 Å². The van der Waals surface area contributed by atoms with Crippen LogP contribution in [0.25, 0.3) is 17.0 Å². The highest BCUT2D eigenvalue weighted by molar-refractivity contribution is 8.13. The van der Waals surface area contributed by atoms with Gasteiger partial charge < -0.3 is 4.98 Å². The summed E-state index contributed by atoms with van der Waals surface area (Å²) in [5, 5.41) is 1.59. The van der Waals surface area contributed by atoms with Gasteiger partial charge in [0.2, 0.25) is 0 Å². The van der Waals surface area contributed by atoms with E-state index in [9.17, 15) is 4.79 Å². The summed E-state index contributed by atoms with van der Waals surface area (Å²) in [5.74, 6) is 0.869. The molecule has 0 unspecified atom stereocenters. The quantitative estimate of drug-likeness (QED) is 0.828. The third-order valence-corrected chi connectivity index (χ3v) is 4.87. The summed E-state index contributed by atoms with van der Waals surface area (Å²) >= 11 is 1.39. The standard InChI is InChI=1S/C18H21NOS/c1-13(20)21-11-5-4-6-14-9-10-18-16(12-14)15-7-2-3-8-17(15)19-18/h4,6,9-10,12,19H,2-3,5,7-8,11H2,1H3. The van der Waals surface area contributed by atoms with Gasteiger partial charge in [-0.15, -0.1) is 0 Å². The number of aromatic amines is 1. The summed E-state index contributed by atoms with van der Waals surface area (Å²) in [6.07, 6.45) is 10.3. The van der Waals surface area contributed by atoms with Crippen LogP contribution in [0.5, 0.6) is 0 Å². The van der Waals surface area contributed by atoms with E-state index in [4.69, 9.17) is 0 Å². The minimum atomic E-state index is 0.198. The smallest absolute Gasteiger partial charge is 0.185 e. The van der Waals surface area contributed by atoms with Gasteiger partial charge in [0.05, 0.1) is 0 Å². The second-order valence-electron chi connectivity index (χ2n) is 5.63. The first-order valence-corrected chi connectivity index (χ1v) is 8.66. The third kappa shape index (κ3) is 3.41. The molecule has 0 saturated heterocycles. The lowest BCUT2D eigenvalue weighted by molar-refractivity contribution is -0.109. The Morgan fingerprint density at radius 2 is 2.19 bits per heavy atom. The zero-order chi connectivity index (χ0) is 14.7. The lowest BCUT2D eigenvalue weighted by Crippen LogP contribution is -1.99. The van der Waals surface area contributed by atoms with Gasteiger partial charge in [0.15, 0.2) is 5.12 Å². The molecule has 0 amide bonds. The van der Waals surface area contributed by atoms with Gasteiger partial charge >= 0.3 is 0 Å². The second-order valence-corrected chi connectivity index (χ2v) is 6.90. The van der Waals surface area contributed by atoms with E-state index in [1.807, 2.05) is 0 Å². The number of aryl methyl sites for hydroxylation is 2. The fourth-order valence-corrected chi connectivity index (χ4v) is 3.56. The molecule has 3 heteroatoms. The summed E-state index contributed by atoms with van der Waals surface area (Å²) in [7, 11) is 0. The Bertz CT molecular complexity index is 684. The van der Waals surface area contributed by atoms with Crippen LogP contribution in [0, 0.1) is 0 Å². The van der Waals surface area contributed by atoms with Gasteiger partial charge in [-0.1, -0.05) is 30.0 Å². The van der Waals surface area contributed by atoms with Crippen molar-refractivity contribution < 1.29 is 4.79 Å². The van der Waals surface area contributed by atoms with Crippen LogP contribution in [-0.2, 0) is 17.6 Å². The molecule has 110 valence electrons. The normalized spacial score (nSPS) is 14.7. The molecular weight excluding hydrogens is 278 g/mol. The van der Waals surface area contributed by atoms with Crippen molar-refractivity contribution in [3.05, 3.63) is 41.1 Å². The number of hydrogen-bond acceptors (Lipinski definition) is 2.